The Hall–Kier alpha value is -1.10. The van der Waals surface area contributed by atoms with Gasteiger partial charge in [0, 0.05) is 26.2 Å². The molecule has 0 radical (unpaired) electrons. The molecule has 0 saturated carbocycles. The van der Waals surface area contributed by atoms with Crippen molar-refractivity contribution < 1.29 is 9.47 Å². The minimum atomic E-state index is 0.482. The van der Waals surface area contributed by atoms with Crippen LogP contribution in [0.4, 0.5) is 0 Å². The van der Waals surface area contributed by atoms with Gasteiger partial charge in [0.25, 0.3) is 0 Å². The van der Waals surface area contributed by atoms with Gasteiger partial charge in [-0.05, 0) is 37.0 Å². The number of nitrogens with zero attached hydrogens (tertiary/aromatic N) is 1. The molecule has 2 unspecified atom stereocenters. The van der Waals surface area contributed by atoms with Gasteiger partial charge in [0.05, 0.1) is 18.8 Å². The highest BCUT2D eigenvalue weighted by molar-refractivity contribution is 5.28. The number of fused-ring (bicyclic) bond motifs is 2. The summed E-state index contributed by atoms with van der Waals surface area (Å²) in [5, 5.41) is 0. The number of likely N-dealkylation sites (tertiary alicyclic amines) is 1. The van der Waals surface area contributed by atoms with E-state index < -0.39 is 0 Å². The van der Waals surface area contributed by atoms with E-state index in [1.807, 2.05) is 24.3 Å². The summed E-state index contributed by atoms with van der Waals surface area (Å²) in [6, 6.07) is 8.04. The average Bonchev–Trinajstić information content (AvgIpc) is 2.83. The molecule has 3 rings (SSSR count). The van der Waals surface area contributed by atoms with Crippen LogP contribution in [0.1, 0.15) is 24.8 Å². The molecule has 1 aromatic rings. The predicted molar refractivity (Wildman–Crippen MR) is 78.8 cm³/mol. The van der Waals surface area contributed by atoms with Gasteiger partial charge < -0.3 is 15.2 Å². The van der Waals surface area contributed by atoms with Crippen LogP contribution < -0.4 is 10.5 Å². The van der Waals surface area contributed by atoms with Crippen molar-refractivity contribution in [1.29, 1.82) is 0 Å². The summed E-state index contributed by atoms with van der Waals surface area (Å²) in [5.41, 5.74) is 6.75. The molecule has 2 aliphatic heterocycles. The lowest BCUT2D eigenvalue weighted by Gasteiger charge is -2.31. The van der Waals surface area contributed by atoms with Crippen molar-refractivity contribution in [3.8, 4) is 5.75 Å². The molecule has 2 N–H and O–H groups in total. The molecule has 2 saturated heterocycles. The van der Waals surface area contributed by atoms with E-state index in [0.29, 0.717) is 18.8 Å². The number of ether oxygens (including phenoxy) is 2. The molecule has 2 atom stereocenters. The minimum Gasteiger partial charge on any atom is -0.494 e. The molecule has 2 aliphatic rings. The summed E-state index contributed by atoms with van der Waals surface area (Å²) in [6.07, 6.45) is 4.51. The molecular formula is C16H24N2O2. The monoisotopic (exact) mass is 276 g/mol. The van der Waals surface area contributed by atoms with Gasteiger partial charge in [-0.1, -0.05) is 12.1 Å². The van der Waals surface area contributed by atoms with Crippen LogP contribution in [0.15, 0.2) is 24.3 Å². The van der Waals surface area contributed by atoms with E-state index in [9.17, 15) is 0 Å². The van der Waals surface area contributed by atoms with E-state index in [2.05, 4.69) is 4.90 Å². The molecule has 2 heterocycles. The van der Waals surface area contributed by atoms with Crippen molar-refractivity contribution in [1.82, 2.24) is 4.90 Å². The third kappa shape index (κ3) is 3.51. The lowest BCUT2D eigenvalue weighted by atomic mass is 10.2. The maximum absolute atomic E-state index is 5.84. The lowest BCUT2D eigenvalue weighted by Crippen LogP contribution is -2.43. The topological polar surface area (TPSA) is 47.7 Å². The number of morpholine rings is 1. The zero-order valence-electron chi connectivity index (χ0n) is 12.0. The van der Waals surface area contributed by atoms with Crippen LogP contribution in [-0.2, 0) is 11.3 Å². The van der Waals surface area contributed by atoms with Crippen molar-refractivity contribution in [3.63, 3.8) is 0 Å². The largest absolute Gasteiger partial charge is 0.494 e. The molecule has 0 spiro atoms. The van der Waals surface area contributed by atoms with Crippen LogP contribution in [-0.4, -0.2) is 43.3 Å². The molecule has 4 nitrogen and oxygen atoms in total. The SMILES string of the molecule is NCc1cccc(OCCCN2CC3CCC(C2)O3)c1. The van der Waals surface area contributed by atoms with E-state index in [4.69, 9.17) is 15.2 Å². The van der Waals surface area contributed by atoms with Gasteiger partial charge in [0.2, 0.25) is 0 Å². The highest BCUT2D eigenvalue weighted by atomic mass is 16.5. The Morgan fingerprint density at radius 2 is 2.05 bits per heavy atom. The fraction of sp³-hybridized carbons (Fsp3) is 0.625. The summed E-state index contributed by atoms with van der Waals surface area (Å²) in [6.45, 7) is 4.62. The molecule has 2 bridgehead atoms. The van der Waals surface area contributed by atoms with E-state index in [-0.39, 0.29) is 0 Å². The third-order valence-corrected chi connectivity index (χ3v) is 4.14. The van der Waals surface area contributed by atoms with Gasteiger partial charge in [-0.2, -0.15) is 0 Å². The zero-order chi connectivity index (χ0) is 13.8. The van der Waals surface area contributed by atoms with Crippen molar-refractivity contribution in [2.45, 2.75) is 38.0 Å². The molecule has 0 aliphatic carbocycles. The minimum absolute atomic E-state index is 0.482. The number of rotatable bonds is 6. The van der Waals surface area contributed by atoms with Crippen molar-refractivity contribution in [2.24, 2.45) is 5.73 Å². The van der Waals surface area contributed by atoms with Crippen LogP contribution in [0.25, 0.3) is 0 Å². The predicted octanol–water partition coefficient (Wildman–Crippen LogP) is 1.78. The maximum Gasteiger partial charge on any atom is 0.119 e. The maximum atomic E-state index is 5.84. The Morgan fingerprint density at radius 1 is 1.25 bits per heavy atom. The van der Waals surface area contributed by atoms with Crippen LogP contribution in [0.5, 0.6) is 5.75 Å². The molecule has 2 fully saturated rings. The van der Waals surface area contributed by atoms with Crippen LogP contribution >= 0.6 is 0 Å². The number of hydrogen-bond donors (Lipinski definition) is 1. The quantitative estimate of drug-likeness (QED) is 0.805. The van der Waals surface area contributed by atoms with E-state index in [0.717, 1.165) is 44.0 Å². The standard InChI is InChI=1S/C16H24N2O2/c17-10-13-3-1-4-14(9-13)19-8-2-7-18-11-15-5-6-16(12-18)20-15/h1,3-4,9,15-16H,2,5-8,10-12,17H2. The highest BCUT2D eigenvalue weighted by Gasteiger charge is 2.33. The molecular weight excluding hydrogens is 252 g/mol. The molecule has 4 heteroatoms. The fourth-order valence-electron chi connectivity index (χ4n) is 3.12. The van der Waals surface area contributed by atoms with Crippen molar-refractivity contribution in [3.05, 3.63) is 29.8 Å². The van der Waals surface area contributed by atoms with Crippen LogP contribution in [0.2, 0.25) is 0 Å². The Labute approximate surface area is 120 Å². The van der Waals surface area contributed by atoms with E-state index in [1.165, 1.54) is 12.8 Å². The average molecular weight is 276 g/mol. The van der Waals surface area contributed by atoms with Crippen LogP contribution in [0.3, 0.4) is 0 Å². The van der Waals surface area contributed by atoms with Crippen molar-refractivity contribution in [2.75, 3.05) is 26.2 Å². The van der Waals surface area contributed by atoms with Gasteiger partial charge >= 0.3 is 0 Å². The molecule has 1 aromatic carbocycles. The number of nitrogens with two attached hydrogens (primary N) is 1. The second-order valence-electron chi connectivity index (χ2n) is 5.77. The third-order valence-electron chi connectivity index (χ3n) is 4.14. The fourth-order valence-corrected chi connectivity index (χ4v) is 3.12. The second kappa shape index (κ2) is 6.57. The number of hydrogen-bond acceptors (Lipinski definition) is 4. The van der Waals surface area contributed by atoms with Gasteiger partial charge in [-0.3, -0.25) is 4.90 Å². The Balaban J connectivity index is 1.37. The Kier molecular flexibility index (Phi) is 4.55. The first kappa shape index (κ1) is 13.9. The van der Waals surface area contributed by atoms with E-state index >= 15 is 0 Å². The molecule has 20 heavy (non-hydrogen) atoms. The first-order chi connectivity index (χ1) is 9.83. The Morgan fingerprint density at radius 3 is 2.80 bits per heavy atom. The van der Waals surface area contributed by atoms with Gasteiger partial charge in [0.1, 0.15) is 5.75 Å². The zero-order valence-corrected chi connectivity index (χ0v) is 12.0. The highest BCUT2D eigenvalue weighted by Crippen LogP contribution is 2.26. The summed E-state index contributed by atoms with van der Waals surface area (Å²) >= 11 is 0. The first-order valence-corrected chi connectivity index (χ1v) is 7.63. The Bertz CT molecular complexity index is 426. The van der Waals surface area contributed by atoms with Gasteiger partial charge in [-0.25, -0.2) is 0 Å². The number of benzene rings is 1. The smallest absolute Gasteiger partial charge is 0.119 e. The first-order valence-electron chi connectivity index (χ1n) is 7.63. The molecule has 0 amide bonds. The lowest BCUT2D eigenvalue weighted by molar-refractivity contribution is -0.0391. The second-order valence-corrected chi connectivity index (χ2v) is 5.77. The van der Waals surface area contributed by atoms with Gasteiger partial charge in [0.15, 0.2) is 0 Å². The summed E-state index contributed by atoms with van der Waals surface area (Å²) in [7, 11) is 0. The normalized spacial score (nSPS) is 25.9. The summed E-state index contributed by atoms with van der Waals surface area (Å²) in [4.78, 5) is 2.52. The summed E-state index contributed by atoms with van der Waals surface area (Å²) < 4.78 is 11.6. The molecule has 0 aromatic heterocycles. The van der Waals surface area contributed by atoms with Crippen molar-refractivity contribution >= 4 is 0 Å². The van der Waals surface area contributed by atoms with E-state index in [1.54, 1.807) is 0 Å². The summed E-state index contributed by atoms with van der Waals surface area (Å²) in [5.74, 6) is 0.926. The van der Waals surface area contributed by atoms with Gasteiger partial charge in [-0.15, -0.1) is 0 Å². The van der Waals surface area contributed by atoms with Crippen LogP contribution in [0, 0.1) is 0 Å². The molecule has 110 valence electrons.